The molecule has 0 amide bonds. The summed E-state index contributed by atoms with van der Waals surface area (Å²) in [5, 5.41) is 3.54. The fourth-order valence-corrected chi connectivity index (χ4v) is 2.97. The summed E-state index contributed by atoms with van der Waals surface area (Å²) < 4.78 is 12.1. The number of nitrogens with one attached hydrogen (secondary N) is 1. The summed E-state index contributed by atoms with van der Waals surface area (Å²) >= 11 is 0. The standard InChI is InChI=1S/C17H26N2O2/c1-11-6-17(14(9-18-11)10-19-15-4-5-15)21-16-7-12(2)20-13(3)8-16/h6,9,12-13,15-16,19H,4-5,7-8,10H2,1-3H3. The van der Waals surface area contributed by atoms with Crippen LogP contribution in [0.4, 0.5) is 0 Å². The van der Waals surface area contributed by atoms with Crippen molar-refractivity contribution in [1.82, 2.24) is 10.3 Å². The van der Waals surface area contributed by atoms with Gasteiger partial charge in [-0.1, -0.05) is 0 Å². The molecule has 1 aromatic heterocycles. The number of aryl methyl sites for hydroxylation is 1. The second kappa shape index (κ2) is 6.32. The zero-order chi connectivity index (χ0) is 14.8. The van der Waals surface area contributed by atoms with Gasteiger partial charge in [-0.3, -0.25) is 4.98 Å². The van der Waals surface area contributed by atoms with Crippen molar-refractivity contribution in [3.63, 3.8) is 0 Å². The maximum atomic E-state index is 6.30. The molecular formula is C17H26N2O2. The Morgan fingerprint density at radius 3 is 2.67 bits per heavy atom. The largest absolute Gasteiger partial charge is 0.490 e. The van der Waals surface area contributed by atoms with Crippen LogP contribution in [0.5, 0.6) is 5.75 Å². The second-order valence-corrected chi connectivity index (χ2v) is 6.56. The van der Waals surface area contributed by atoms with Crippen molar-refractivity contribution in [3.8, 4) is 5.75 Å². The number of ether oxygens (including phenoxy) is 2. The zero-order valence-electron chi connectivity index (χ0n) is 13.3. The van der Waals surface area contributed by atoms with Crippen LogP contribution in [-0.4, -0.2) is 29.3 Å². The van der Waals surface area contributed by atoms with Crippen LogP contribution in [0.1, 0.15) is 50.8 Å². The molecule has 1 saturated heterocycles. The number of nitrogens with zero attached hydrogens (tertiary/aromatic N) is 1. The molecule has 2 unspecified atom stereocenters. The minimum atomic E-state index is 0.241. The summed E-state index contributed by atoms with van der Waals surface area (Å²) in [6.07, 6.45) is 7.25. The van der Waals surface area contributed by atoms with Crippen molar-refractivity contribution in [2.75, 3.05) is 0 Å². The molecule has 1 aromatic rings. The third-order valence-corrected chi connectivity index (χ3v) is 4.19. The van der Waals surface area contributed by atoms with Gasteiger partial charge in [0.25, 0.3) is 0 Å². The number of aromatic nitrogens is 1. The highest BCUT2D eigenvalue weighted by molar-refractivity contribution is 5.33. The van der Waals surface area contributed by atoms with Crippen LogP contribution in [0, 0.1) is 6.92 Å². The molecule has 2 heterocycles. The van der Waals surface area contributed by atoms with Gasteiger partial charge in [-0.2, -0.15) is 0 Å². The van der Waals surface area contributed by atoms with Crippen LogP contribution in [-0.2, 0) is 11.3 Å². The van der Waals surface area contributed by atoms with Crippen LogP contribution in [0.25, 0.3) is 0 Å². The topological polar surface area (TPSA) is 43.4 Å². The van der Waals surface area contributed by atoms with E-state index >= 15 is 0 Å². The van der Waals surface area contributed by atoms with Gasteiger partial charge in [0.2, 0.25) is 0 Å². The Kier molecular flexibility index (Phi) is 4.45. The van der Waals surface area contributed by atoms with Crippen LogP contribution in [0.3, 0.4) is 0 Å². The Hall–Kier alpha value is -1.13. The first-order chi connectivity index (χ1) is 10.1. The molecule has 4 nitrogen and oxygen atoms in total. The van der Waals surface area contributed by atoms with Crippen molar-refractivity contribution < 1.29 is 9.47 Å². The first-order valence-electron chi connectivity index (χ1n) is 8.11. The SMILES string of the molecule is Cc1cc(OC2CC(C)OC(C)C2)c(CNC2CC2)cn1. The summed E-state index contributed by atoms with van der Waals surface area (Å²) in [6.45, 7) is 7.11. The minimum absolute atomic E-state index is 0.241. The number of pyridine rings is 1. The van der Waals surface area contributed by atoms with E-state index in [1.807, 2.05) is 13.1 Å². The van der Waals surface area contributed by atoms with Gasteiger partial charge in [-0.15, -0.1) is 0 Å². The Bertz CT molecular complexity index is 478. The van der Waals surface area contributed by atoms with Crippen LogP contribution in [0.2, 0.25) is 0 Å². The lowest BCUT2D eigenvalue weighted by molar-refractivity contribution is -0.0723. The lowest BCUT2D eigenvalue weighted by Crippen LogP contribution is -2.36. The Morgan fingerprint density at radius 1 is 1.29 bits per heavy atom. The summed E-state index contributed by atoms with van der Waals surface area (Å²) in [5.74, 6) is 0.988. The molecule has 21 heavy (non-hydrogen) atoms. The average molecular weight is 290 g/mol. The van der Waals surface area contributed by atoms with Crippen LogP contribution in [0.15, 0.2) is 12.3 Å². The highest BCUT2D eigenvalue weighted by atomic mass is 16.5. The maximum absolute atomic E-state index is 6.30. The summed E-state index contributed by atoms with van der Waals surface area (Å²) in [4.78, 5) is 4.42. The van der Waals surface area contributed by atoms with Gasteiger partial charge in [-0.25, -0.2) is 0 Å². The zero-order valence-corrected chi connectivity index (χ0v) is 13.3. The van der Waals surface area contributed by atoms with E-state index in [2.05, 4.69) is 30.2 Å². The molecule has 1 N–H and O–H groups in total. The van der Waals surface area contributed by atoms with Gasteiger partial charge in [0.1, 0.15) is 11.9 Å². The molecule has 0 bridgehead atoms. The van der Waals surface area contributed by atoms with Gasteiger partial charge < -0.3 is 14.8 Å². The molecule has 0 aromatic carbocycles. The third kappa shape index (κ3) is 4.17. The molecule has 2 fully saturated rings. The van der Waals surface area contributed by atoms with E-state index in [1.54, 1.807) is 0 Å². The van der Waals surface area contributed by atoms with Crippen molar-refractivity contribution in [1.29, 1.82) is 0 Å². The number of hydrogen-bond acceptors (Lipinski definition) is 4. The van der Waals surface area contributed by atoms with Crippen molar-refractivity contribution in [2.45, 2.75) is 77.4 Å². The highest BCUT2D eigenvalue weighted by Gasteiger charge is 2.27. The molecule has 116 valence electrons. The highest BCUT2D eigenvalue weighted by Crippen LogP contribution is 2.27. The number of rotatable bonds is 5. The lowest BCUT2D eigenvalue weighted by atomic mass is 10.0. The van der Waals surface area contributed by atoms with E-state index in [1.165, 1.54) is 18.4 Å². The van der Waals surface area contributed by atoms with Crippen molar-refractivity contribution in [2.24, 2.45) is 0 Å². The maximum Gasteiger partial charge on any atom is 0.127 e. The summed E-state index contributed by atoms with van der Waals surface area (Å²) in [6, 6.07) is 2.76. The first-order valence-corrected chi connectivity index (χ1v) is 8.11. The molecular weight excluding hydrogens is 264 g/mol. The molecule has 4 heteroatoms. The predicted octanol–water partition coefficient (Wildman–Crippen LogP) is 2.98. The fraction of sp³-hybridized carbons (Fsp3) is 0.706. The van der Waals surface area contributed by atoms with E-state index in [0.717, 1.165) is 30.8 Å². The first kappa shape index (κ1) is 14.8. The average Bonchev–Trinajstić information content (AvgIpc) is 3.20. The monoisotopic (exact) mass is 290 g/mol. The Balaban J connectivity index is 1.68. The van der Waals surface area contributed by atoms with Gasteiger partial charge in [0.15, 0.2) is 0 Å². The van der Waals surface area contributed by atoms with Gasteiger partial charge in [-0.05, 0) is 33.6 Å². The van der Waals surface area contributed by atoms with Gasteiger partial charge in [0, 0.05) is 48.9 Å². The van der Waals surface area contributed by atoms with E-state index < -0.39 is 0 Å². The van der Waals surface area contributed by atoms with E-state index in [9.17, 15) is 0 Å². The minimum Gasteiger partial charge on any atom is -0.490 e. The second-order valence-electron chi connectivity index (χ2n) is 6.56. The quantitative estimate of drug-likeness (QED) is 0.905. The number of hydrogen-bond donors (Lipinski definition) is 1. The van der Waals surface area contributed by atoms with E-state index in [0.29, 0.717) is 6.04 Å². The normalized spacial score (nSPS) is 29.4. The molecule has 3 rings (SSSR count). The van der Waals surface area contributed by atoms with Gasteiger partial charge in [0.05, 0.1) is 12.2 Å². The molecule has 2 aliphatic rings. The van der Waals surface area contributed by atoms with E-state index in [4.69, 9.17) is 9.47 Å². The third-order valence-electron chi connectivity index (χ3n) is 4.19. The fourth-order valence-electron chi connectivity index (χ4n) is 2.97. The summed E-state index contributed by atoms with van der Waals surface area (Å²) in [7, 11) is 0. The van der Waals surface area contributed by atoms with Gasteiger partial charge >= 0.3 is 0 Å². The molecule has 1 aliphatic carbocycles. The predicted molar refractivity (Wildman–Crippen MR) is 82.5 cm³/mol. The molecule has 2 atom stereocenters. The van der Waals surface area contributed by atoms with E-state index in [-0.39, 0.29) is 18.3 Å². The smallest absolute Gasteiger partial charge is 0.127 e. The van der Waals surface area contributed by atoms with Crippen LogP contribution >= 0.6 is 0 Å². The Morgan fingerprint density at radius 2 is 2.00 bits per heavy atom. The molecule has 1 aliphatic heterocycles. The summed E-state index contributed by atoms with van der Waals surface area (Å²) in [5.41, 5.74) is 2.17. The molecule has 0 radical (unpaired) electrons. The van der Waals surface area contributed by atoms with Crippen LogP contribution < -0.4 is 10.1 Å². The Labute approximate surface area is 127 Å². The molecule has 0 spiro atoms. The molecule has 1 saturated carbocycles. The van der Waals surface area contributed by atoms with Crippen molar-refractivity contribution >= 4 is 0 Å². The lowest BCUT2D eigenvalue weighted by Gasteiger charge is -2.32. The van der Waals surface area contributed by atoms with Crippen molar-refractivity contribution in [3.05, 3.63) is 23.5 Å².